The molecular weight excluding hydrogens is 458 g/mol. The van der Waals surface area contributed by atoms with Crippen LogP contribution in [0, 0.1) is 0 Å². The minimum atomic E-state index is -1.77. The van der Waals surface area contributed by atoms with Crippen LogP contribution in [0.1, 0.15) is 0 Å². The number of hydrogen-bond acceptors (Lipinski definition) is 0. The van der Waals surface area contributed by atoms with Crippen LogP contribution in [-0.2, 0) is 0 Å². The minimum absolute atomic E-state index is 0.809. The standard InChI is InChI=1S/C17H21Cl2ISi2/c1-21(2,3)13-22(12-20,16-8-4-14(18)5-9-16)17-10-6-15(19)7-11-17/h4-11H,12-13H2,1-3H3. The van der Waals surface area contributed by atoms with Crippen LogP contribution in [0.4, 0.5) is 0 Å². The number of rotatable bonds is 5. The molecule has 0 aromatic heterocycles. The number of alkyl halides is 1. The summed E-state index contributed by atoms with van der Waals surface area (Å²) < 4.78 is 1.18. The van der Waals surface area contributed by atoms with Crippen molar-refractivity contribution in [2.24, 2.45) is 0 Å². The van der Waals surface area contributed by atoms with Gasteiger partial charge in [-0.15, -0.1) is 0 Å². The predicted molar refractivity (Wildman–Crippen MR) is 115 cm³/mol. The van der Waals surface area contributed by atoms with Gasteiger partial charge >= 0.3 is 0 Å². The Morgan fingerprint density at radius 2 is 1.14 bits per heavy atom. The molecule has 0 nitrogen and oxygen atoms in total. The van der Waals surface area contributed by atoms with Crippen molar-refractivity contribution in [2.75, 3.05) is 4.05 Å². The Labute approximate surface area is 159 Å². The van der Waals surface area contributed by atoms with E-state index in [0.717, 1.165) is 10.0 Å². The van der Waals surface area contributed by atoms with Crippen molar-refractivity contribution in [2.45, 2.75) is 25.3 Å². The first-order valence-electron chi connectivity index (χ1n) is 7.35. The molecule has 0 saturated heterocycles. The first-order valence-corrected chi connectivity index (χ1v) is 15.8. The van der Waals surface area contributed by atoms with Crippen molar-refractivity contribution in [3.05, 3.63) is 58.6 Å². The second-order valence-corrected chi connectivity index (χ2v) is 20.2. The number of hydrogen-bond donors (Lipinski definition) is 0. The van der Waals surface area contributed by atoms with Gasteiger partial charge in [-0.3, -0.25) is 0 Å². The summed E-state index contributed by atoms with van der Waals surface area (Å²) >= 11 is 14.8. The van der Waals surface area contributed by atoms with Crippen LogP contribution in [0.15, 0.2) is 48.5 Å². The van der Waals surface area contributed by atoms with Crippen LogP contribution in [0.5, 0.6) is 0 Å². The smallest absolute Gasteiger partial charge is 0.0890 e. The highest BCUT2D eigenvalue weighted by Crippen LogP contribution is 2.23. The lowest BCUT2D eigenvalue weighted by atomic mass is 10.4. The highest BCUT2D eigenvalue weighted by atomic mass is 127. The molecule has 22 heavy (non-hydrogen) atoms. The van der Waals surface area contributed by atoms with Crippen molar-refractivity contribution >= 4 is 72.3 Å². The average Bonchev–Trinajstić information content (AvgIpc) is 2.45. The molecule has 0 aliphatic rings. The molecule has 0 radical (unpaired) electrons. The summed E-state index contributed by atoms with van der Waals surface area (Å²) in [4.78, 5) is 0. The van der Waals surface area contributed by atoms with E-state index >= 15 is 0 Å². The molecule has 0 N–H and O–H groups in total. The molecule has 5 heteroatoms. The van der Waals surface area contributed by atoms with Crippen LogP contribution >= 0.6 is 45.8 Å². The van der Waals surface area contributed by atoms with Gasteiger partial charge in [0.05, 0.1) is 0 Å². The van der Waals surface area contributed by atoms with Gasteiger partial charge in [0.25, 0.3) is 0 Å². The normalized spacial score (nSPS) is 12.5. The largest absolute Gasteiger partial charge is 0.125 e. The van der Waals surface area contributed by atoms with Gasteiger partial charge in [-0.25, -0.2) is 0 Å². The molecule has 0 unspecified atom stereocenters. The summed E-state index contributed by atoms with van der Waals surface area (Å²) in [6.45, 7) is 7.40. The third-order valence-electron chi connectivity index (χ3n) is 3.85. The molecule has 0 amide bonds. The van der Waals surface area contributed by atoms with Crippen LogP contribution in [0.3, 0.4) is 0 Å². The molecule has 0 heterocycles. The van der Waals surface area contributed by atoms with E-state index < -0.39 is 16.1 Å². The fourth-order valence-electron chi connectivity index (χ4n) is 3.02. The lowest BCUT2D eigenvalue weighted by molar-refractivity contribution is 1.54. The number of halogens is 3. The third-order valence-corrected chi connectivity index (χ3v) is 18.3. The van der Waals surface area contributed by atoms with E-state index in [1.54, 1.807) is 0 Å². The second-order valence-electron chi connectivity index (χ2n) is 6.97. The second kappa shape index (κ2) is 7.39. The Morgan fingerprint density at radius 3 is 1.41 bits per heavy atom. The summed E-state index contributed by atoms with van der Waals surface area (Å²) in [6.07, 6.45) is 0. The van der Waals surface area contributed by atoms with Gasteiger partial charge in [-0.05, 0) is 24.3 Å². The third kappa shape index (κ3) is 4.38. The molecule has 2 rings (SSSR count). The van der Waals surface area contributed by atoms with Gasteiger partial charge in [-0.1, -0.05) is 106 Å². The average molecular weight is 479 g/mol. The van der Waals surface area contributed by atoms with E-state index in [2.05, 4.69) is 66.5 Å². The van der Waals surface area contributed by atoms with Gasteiger partial charge in [-0.2, -0.15) is 0 Å². The zero-order valence-electron chi connectivity index (χ0n) is 13.2. The van der Waals surface area contributed by atoms with Crippen LogP contribution in [0.25, 0.3) is 0 Å². The molecule has 2 aromatic carbocycles. The fraction of sp³-hybridized carbons (Fsp3) is 0.294. The molecule has 0 aliphatic carbocycles. The highest BCUT2D eigenvalue weighted by molar-refractivity contribution is 14.1. The Morgan fingerprint density at radius 1 is 0.773 bits per heavy atom. The molecule has 2 aromatic rings. The van der Waals surface area contributed by atoms with E-state index in [9.17, 15) is 0 Å². The molecule has 0 bridgehead atoms. The van der Waals surface area contributed by atoms with Gasteiger partial charge in [0.2, 0.25) is 0 Å². The SMILES string of the molecule is C[Si](C)(C)C[Si](CI)(c1ccc(Cl)cc1)c1ccc(Cl)cc1. The van der Waals surface area contributed by atoms with Crippen molar-refractivity contribution in [3.8, 4) is 0 Å². The lowest BCUT2D eigenvalue weighted by Crippen LogP contribution is -2.63. The van der Waals surface area contributed by atoms with Crippen molar-refractivity contribution in [1.29, 1.82) is 0 Å². The molecular formula is C17H21Cl2ISi2. The fourth-order valence-corrected chi connectivity index (χ4v) is 19.8. The van der Waals surface area contributed by atoms with Gasteiger partial charge < -0.3 is 0 Å². The molecule has 0 fully saturated rings. The summed E-state index contributed by atoms with van der Waals surface area (Å²) in [6, 6.07) is 17.1. The molecule has 0 atom stereocenters. The van der Waals surface area contributed by atoms with E-state index in [0.29, 0.717) is 0 Å². The zero-order chi connectivity index (χ0) is 16.4. The lowest BCUT2D eigenvalue weighted by Gasteiger charge is -2.36. The van der Waals surface area contributed by atoms with Gasteiger partial charge in [0, 0.05) is 22.2 Å². The topological polar surface area (TPSA) is 0 Å². The molecule has 0 saturated carbocycles. The monoisotopic (exact) mass is 478 g/mol. The van der Waals surface area contributed by atoms with Crippen molar-refractivity contribution in [3.63, 3.8) is 0 Å². The molecule has 118 valence electrons. The first kappa shape index (κ1) is 18.5. The van der Waals surface area contributed by atoms with Crippen molar-refractivity contribution < 1.29 is 0 Å². The maximum atomic E-state index is 6.11. The van der Waals surface area contributed by atoms with E-state index in [1.165, 1.54) is 20.1 Å². The van der Waals surface area contributed by atoms with Gasteiger partial charge in [0.15, 0.2) is 0 Å². The van der Waals surface area contributed by atoms with Crippen molar-refractivity contribution in [1.82, 2.24) is 0 Å². The zero-order valence-corrected chi connectivity index (χ0v) is 18.8. The van der Waals surface area contributed by atoms with Crippen LogP contribution in [-0.4, -0.2) is 20.2 Å². The summed E-state index contributed by atoms with van der Waals surface area (Å²) in [5.41, 5.74) is 1.34. The Kier molecular flexibility index (Phi) is 6.22. The number of benzene rings is 2. The Bertz CT molecular complexity index is 573. The maximum absolute atomic E-state index is 6.11. The summed E-state index contributed by atoms with van der Waals surface area (Å²) in [5.74, 6) is 0. The van der Waals surface area contributed by atoms with Crippen LogP contribution in [0.2, 0.25) is 35.4 Å². The predicted octanol–water partition coefficient (Wildman–Crippen LogP) is 5.41. The minimum Gasteiger partial charge on any atom is -0.0890 e. The quantitative estimate of drug-likeness (QED) is 0.306. The first-order chi connectivity index (χ1) is 10.3. The van der Waals surface area contributed by atoms with Crippen LogP contribution < -0.4 is 10.4 Å². The summed E-state index contributed by atoms with van der Waals surface area (Å²) in [7, 11) is -2.99. The van der Waals surface area contributed by atoms with E-state index in [1.807, 2.05) is 24.3 Å². The van der Waals surface area contributed by atoms with Gasteiger partial charge in [0.1, 0.15) is 8.07 Å². The summed E-state index contributed by atoms with van der Waals surface area (Å²) in [5, 5.41) is 4.58. The van der Waals surface area contributed by atoms with E-state index in [-0.39, 0.29) is 0 Å². The highest BCUT2D eigenvalue weighted by Gasteiger charge is 2.40. The molecule has 0 aliphatic heterocycles. The Balaban J connectivity index is 2.60. The maximum Gasteiger partial charge on any atom is 0.125 e. The Hall–Kier alpha value is 0.184. The molecule has 0 spiro atoms. The van der Waals surface area contributed by atoms with E-state index in [4.69, 9.17) is 23.2 Å².